The minimum atomic E-state index is -0.778. The van der Waals surface area contributed by atoms with Gasteiger partial charge in [0.15, 0.2) is 0 Å². The number of urea groups is 1. The number of carbonyl (C=O) groups is 1. The van der Waals surface area contributed by atoms with Crippen molar-refractivity contribution in [2.75, 3.05) is 45.2 Å². The van der Waals surface area contributed by atoms with Crippen molar-refractivity contribution in [3.8, 4) is 5.75 Å². The standard InChI is InChI=1S/C20H23F2N3O2/c1-27-17-4-2-3-15(13-17)7-8-24-9-11-25(12-10-24)20(26)23-19-6-5-16(21)14-18(19)22/h2-6,13-14H,7-12H2,1H3,(H,23,26). The third-order valence-electron chi connectivity index (χ3n) is 4.68. The number of nitrogens with one attached hydrogen (secondary N) is 1. The van der Waals surface area contributed by atoms with E-state index in [0.717, 1.165) is 43.9 Å². The van der Waals surface area contributed by atoms with E-state index in [0.29, 0.717) is 13.1 Å². The van der Waals surface area contributed by atoms with Crippen molar-refractivity contribution in [1.82, 2.24) is 9.80 Å². The average Bonchev–Trinajstić information content (AvgIpc) is 2.69. The summed E-state index contributed by atoms with van der Waals surface area (Å²) in [6.45, 7) is 3.53. The molecule has 0 aromatic heterocycles. The number of benzene rings is 2. The van der Waals surface area contributed by atoms with E-state index >= 15 is 0 Å². The molecule has 1 fully saturated rings. The van der Waals surface area contributed by atoms with Gasteiger partial charge in [-0.25, -0.2) is 13.6 Å². The van der Waals surface area contributed by atoms with Crippen molar-refractivity contribution in [2.24, 2.45) is 0 Å². The van der Waals surface area contributed by atoms with Gasteiger partial charge in [0.2, 0.25) is 0 Å². The molecule has 144 valence electrons. The molecule has 0 aliphatic carbocycles. The molecule has 2 aromatic rings. The Labute approximate surface area is 157 Å². The first-order valence-corrected chi connectivity index (χ1v) is 8.91. The Morgan fingerprint density at radius 2 is 1.89 bits per heavy atom. The van der Waals surface area contributed by atoms with Crippen LogP contribution in [0.2, 0.25) is 0 Å². The fraction of sp³-hybridized carbons (Fsp3) is 0.350. The zero-order valence-electron chi connectivity index (χ0n) is 15.3. The Morgan fingerprint density at radius 3 is 2.59 bits per heavy atom. The largest absolute Gasteiger partial charge is 0.497 e. The first kappa shape index (κ1) is 19.1. The van der Waals surface area contributed by atoms with Gasteiger partial charge in [-0.1, -0.05) is 12.1 Å². The summed E-state index contributed by atoms with van der Waals surface area (Å²) in [7, 11) is 1.65. The van der Waals surface area contributed by atoms with Gasteiger partial charge in [-0.3, -0.25) is 4.90 Å². The average molecular weight is 375 g/mol. The van der Waals surface area contributed by atoms with Gasteiger partial charge >= 0.3 is 6.03 Å². The number of amides is 2. The number of hydrogen-bond acceptors (Lipinski definition) is 3. The van der Waals surface area contributed by atoms with Crippen molar-refractivity contribution in [1.29, 1.82) is 0 Å². The lowest BCUT2D eigenvalue weighted by molar-refractivity contribution is 0.148. The van der Waals surface area contributed by atoms with Crippen LogP contribution in [-0.4, -0.2) is 55.7 Å². The van der Waals surface area contributed by atoms with Crippen LogP contribution >= 0.6 is 0 Å². The van der Waals surface area contributed by atoms with E-state index in [-0.39, 0.29) is 11.7 Å². The number of methoxy groups -OCH3 is 1. The molecule has 2 aromatic carbocycles. The molecular formula is C20H23F2N3O2. The van der Waals surface area contributed by atoms with Gasteiger partial charge in [-0.2, -0.15) is 0 Å². The van der Waals surface area contributed by atoms with Gasteiger partial charge < -0.3 is 15.0 Å². The fourth-order valence-electron chi connectivity index (χ4n) is 3.07. The van der Waals surface area contributed by atoms with Crippen molar-refractivity contribution in [3.63, 3.8) is 0 Å². The summed E-state index contributed by atoms with van der Waals surface area (Å²) in [5.74, 6) is -0.600. The number of carbonyl (C=O) groups excluding carboxylic acids is 1. The highest BCUT2D eigenvalue weighted by Gasteiger charge is 2.21. The van der Waals surface area contributed by atoms with Gasteiger partial charge in [-0.05, 0) is 36.2 Å². The van der Waals surface area contributed by atoms with Gasteiger partial charge in [0.05, 0.1) is 12.8 Å². The number of piperazine rings is 1. The van der Waals surface area contributed by atoms with Crippen LogP contribution in [0.3, 0.4) is 0 Å². The van der Waals surface area contributed by atoms with Crippen LogP contribution < -0.4 is 10.1 Å². The minimum absolute atomic E-state index is 0.0122. The van der Waals surface area contributed by atoms with Crippen LogP contribution in [0.15, 0.2) is 42.5 Å². The SMILES string of the molecule is COc1cccc(CCN2CCN(C(=O)Nc3ccc(F)cc3F)CC2)c1. The van der Waals surface area contributed by atoms with Crippen molar-refractivity contribution < 1.29 is 18.3 Å². The van der Waals surface area contributed by atoms with Gasteiger partial charge in [0.1, 0.15) is 17.4 Å². The molecule has 3 rings (SSSR count). The summed E-state index contributed by atoms with van der Waals surface area (Å²) in [6, 6.07) is 10.7. The molecule has 1 aliphatic rings. The second-order valence-corrected chi connectivity index (χ2v) is 6.48. The highest BCUT2D eigenvalue weighted by molar-refractivity contribution is 5.89. The van der Waals surface area contributed by atoms with Gasteiger partial charge in [0.25, 0.3) is 0 Å². The molecule has 27 heavy (non-hydrogen) atoms. The molecule has 1 saturated heterocycles. The number of hydrogen-bond donors (Lipinski definition) is 1. The molecule has 7 heteroatoms. The van der Waals surface area contributed by atoms with E-state index in [9.17, 15) is 13.6 Å². The first-order valence-electron chi connectivity index (χ1n) is 8.91. The lowest BCUT2D eigenvalue weighted by atomic mass is 10.1. The van der Waals surface area contributed by atoms with E-state index in [4.69, 9.17) is 4.74 Å². The Balaban J connectivity index is 1.46. The third-order valence-corrected chi connectivity index (χ3v) is 4.68. The second kappa shape index (κ2) is 8.81. The van der Waals surface area contributed by atoms with Crippen LogP contribution in [0, 0.1) is 11.6 Å². The summed E-state index contributed by atoms with van der Waals surface area (Å²) in [5, 5.41) is 2.51. The Kier molecular flexibility index (Phi) is 6.24. The molecule has 5 nitrogen and oxygen atoms in total. The van der Waals surface area contributed by atoms with Gasteiger partial charge in [-0.15, -0.1) is 0 Å². The number of anilines is 1. The second-order valence-electron chi connectivity index (χ2n) is 6.48. The molecule has 1 aliphatic heterocycles. The highest BCUT2D eigenvalue weighted by atomic mass is 19.1. The summed E-state index contributed by atoms with van der Waals surface area (Å²) in [6.07, 6.45) is 0.907. The van der Waals surface area contributed by atoms with E-state index in [1.165, 1.54) is 11.6 Å². The van der Waals surface area contributed by atoms with Crippen molar-refractivity contribution in [2.45, 2.75) is 6.42 Å². The molecule has 1 heterocycles. The summed E-state index contributed by atoms with van der Waals surface area (Å²) in [5.41, 5.74) is 1.20. The third kappa shape index (κ3) is 5.17. The molecule has 0 bridgehead atoms. The normalized spacial score (nSPS) is 14.9. The quantitative estimate of drug-likeness (QED) is 0.872. The molecule has 0 unspecified atom stereocenters. The molecule has 0 atom stereocenters. The number of halogens is 2. The van der Waals surface area contributed by atoms with Crippen LogP contribution in [0.5, 0.6) is 5.75 Å². The van der Waals surface area contributed by atoms with E-state index < -0.39 is 11.6 Å². The summed E-state index contributed by atoms with van der Waals surface area (Å²) < 4.78 is 31.8. The maximum Gasteiger partial charge on any atom is 0.322 e. The topological polar surface area (TPSA) is 44.8 Å². The Bertz CT molecular complexity index is 793. The lowest BCUT2D eigenvalue weighted by Gasteiger charge is -2.34. The number of rotatable bonds is 5. The lowest BCUT2D eigenvalue weighted by Crippen LogP contribution is -2.50. The first-order chi connectivity index (χ1) is 13.0. The van der Waals surface area contributed by atoms with E-state index in [2.05, 4.69) is 16.3 Å². The van der Waals surface area contributed by atoms with Crippen LogP contribution in [0.25, 0.3) is 0 Å². The maximum absolute atomic E-state index is 13.7. The zero-order chi connectivity index (χ0) is 19.2. The van der Waals surface area contributed by atoms with Crippen LogP contribution in [-0.2, 0) is 6.42 Å². The predicted molar refractivity (Wildman–Crippen MR) is 100 cm³/mol. The van der Waals surface area contributed by atoms with Crippen LogP contribution in [0.1, 0.15) is 5.56 Å². The fourth-order valence-corrected chi connectivity index (χ4v) is 3.07. The minimum Gasteiger partial charge on any atom is -0.497 e. The summed E-state index contributed by atoms with van der Waals surface area (Å²) >= 11 is 0. The molecule has 1 N–H and O–H groups in total. The Hall–Kier alpha value is -2.67. The highest BCUT2D eigenvalue weighted by Crippen LogP contribution is 2.17. The molecule has 0 saturated carbocycles. The van der Waals surface area contributed by atoms with Crippen molar-refractivity contribution in [3.05, 3.63) is 59.7 Å². The maximum atomic E-state index is 13.7. The summed E-state index contributed by atoms with van der Waals surface area (Å²) in [4.78, 5) is 16.2. The van der Waals surface area contributed by atoms with Crippen molar-refractivity contribution >= 4 is 11.7 Å². The van der Waals surface area contributed by atoms with Gasteiger partial charge in [0, 0.05) is 38.8 Å². The number of nitrogens with zero attached hydrogens (tertiary/aromatic N) is 2. The monoisotopic (exact) mass is 375 g/mol. The molecule has 0 spiro atoms. The predicted octanol–water partition coefficient (Wildman–Crippen LogP) is 3.37. The van der Waals surface area contributed by atoms with Crippen LogP contribution in [0.4, 0.5) is 19.3 Å². The van der Waals surface area contributed by atoms with E-state index in [1.807, 2.05) is 18.2 Å². The molecule has 2 amide bonds. The molecule has 0 radical (unpaired) electrons. The molecular weight excluding hydrogens is 352 g/mol. The zero-order valence-corrected chi connectivity index (χ0v) is 15.3. The smallest absolute Gasteiger partial charge is 0.322 e. The van der Waals surface area contributed by atoms with E-state index in [1.54, 1.807) is 12.0 Å². The Morgan fingerprint density at radius 1 is 1.11 bits per heavy atom. The number of ether oxygens (including phenoxy) is 1.